The molecule has 0 spiro atoms. The number of nitrogens with one attached hydrogen (secondary N) is 3. The van der Waals surface area contributed by atoms with Crippen molar-refractivity contribution in [1.29, 1.82) is 0 Å². The number of carbonyl (C=O) groups excluding carboxylic acids is 3. The number of hydrogen-bond acceptors (Lipinski definition) is 5. The van der Waals surface area contributed by atoms with Crippen molar-refractivity contribution in [1.82, 2.24) is 10.6 Å². The van der Waals surface area contributed by atoms with Crippen LogP contribution in [-0.2, 0) is 25.6 Å². The molecule has 1 aliphatic heterocycles. The van der Waals surface area contributed by atoms with E-state index < -0.39 is 11.7 Å². The molecule has 1 aromatic rings. The molecule has 3 amide bonds. The largest absolute Gasteiger partial charge is 0.444 e. The van der Waals surface area contributed by atoms with Crippen LogP contribution < -0.4 is 16.0 Å². The number of hydrogen-bond donors (Lipinski definition) is 3. The molecule has 148 valence electrons. The summed E-state index contributed by atoms with van der Waals surface area (Å²) < 4.78 is 10.4. The second-order valence-corrected chi connectivity index (χ2v) is 7.32. The quantitative estimate of drug-likeness (QED) is 0.703. The molecule has 2 rings (SSSR count). The first-order valence-electron chi connectivity index (χ1n) is 8.98. The first-order chi connectivity index (χ1) is 12.7. The van der Waals surface area contributed by atoms with E-state index >= 15 is 0 Å². The maximum atomic E-state index is 11.9. The summed E-state index contributed by atoms with van der Waals surface area (Å²) in [5.74, 6) is -0.460. The summed E-state index contributed by atoms with van der Waals surface area (Å²) in [6.45, 7) is 6.09. The zero-order valence-corrected chi connectivity index (χ0v) is 16.0. The zero-order chi connectivity index (χ0) is 19.9. The van der Waals surface area contributed by atoms with E-state index in [-0.39, 0.29) is 24.5 Å². The maximum absolute atomic E-state index is 11.9. The van der Waals surface area contributed by atoms with Crippen molar-refractivity contribution in [3.63, 3.8) is 0 Å². The Labute approximate surface area is 159 Å². The number of anilines is 1. The Morgan fingerprint density at radius 2 is 1.85 bits per heavy atom. The average molecular weight is 377 g/mol. The fourth-order valence-corrected chi connectivity index (χ4v) is 2.47. The van der Waals surface area contributed by atoms with E-state index in [1.165, 1.54) is 0 Å². The molecule has 27 heavy (non-hydrogen) atoms. The molecule has 1 fully saturated rings. The van der Waals surface area contributed by atoms with Crippen LogP contribution in [0.4, 0.5) is 10.5 Å². The SMILES string of the molecule is CC(C)(C)OC(=O)NCC(=O)Nc1ccc(CNC(=O)C2CCCO2)cc1. The molecular weight excluding hydrogens is 350 g/mol. The smallest absolute Gasteiger partial charge is 0.408 e. The highest BCUT2D eigenvalue weighted by Gasteiger charge is 2.23. The molecule has 0 radical (unpaired) electrons. The highest BCUT2D eigenvalue weighted by atomic mass is 16.6. The van der Waals surface area contributed by atoms with E-state index in [4.69, 9.17) is 9.47 Å². The van der Waals surface area contributed by atoms with E-state index in [9.17, 15) is 14.4 Å². The Bertz CT molecular complexity index is 661. The van der Waals surface area contributed by atoms with Gasteiger partial charge in [-0.2, -0.15) is 0 Å². The van der Waals surface area contributed by atoms with Gasteiger partial charge in [0.15, 0.2) is 0 Å². The van der Waals surface area contributed by atoms with Gasteiger partial charge in [0.05, 0.1) is 0 Å². The number of amides is 3. The Balaban J connectivity index is 1.72. The molecule has 8 heteroatoms. The molecule has 0 aromatic heterocycles. The standard InChI is InChI=1S/C19H27N3O5/c1-19(2,3)27-18(25)21-12-16(23)22-14-8-6-13(7-9-14)11-20-17(24)15-5-4-10-26-15/h6-9,15H,4-5,10-12H2,1-3H3,(H,20,24)(H,21,25)(H,22,23). The fraction of sp³-hybridized carbons (Fsp3) is 0.526. The van der Waals surface area contributed by atoms with Gasteiger partial charge in [-0.3, -0.25) is 9.59 Å². The summed E-state index contributed by atoms with van der Waals surface area (Å²) in [4.78, 5) is 35.3. The monoisotopic (exact) mass is 377 g/mol. The number of benzene rings is 1. The van der Waals surface area contributed by atoms with Crippen LogP contribution in [0.25, 0.3) is 0 Å². The number of carbonyl (C=O) groups is 3. The topological polar surface area (TPSA) is 106 Å². The van der Waals surface area contributed by atoms with E-state index in [1.807, 2.05) is 12.1 Å². The van der Waals surface area contributed by atoms with Crippen LogP contribution in [-0.4, -0.2) is 42.8 Å². The van der Waals surface area contributed by atoms with Crippen LogP contribution in [0.2, 0.25) is 0 Å². The lowest BCUT2D eigenvalue weighted by molar-refractivity contribution is -0.130. The molecule has 1 saturated heterocycles. The van der Waals surface area contributed by atoms with Gasteiger partial charge in [0.2, 0.25) is 11.8 Å². The second-order valence-electron chi connectivity index (χ2n) is 7.32. The van der Waals surface area contributed by atoms with Crippen LogP contribution in [0.3, 0.4) is 0 Å². The van der Waals surface area contributed by atoms with Crippen LogP contribution in [0.5, 0.6) is 0 Å². The molecule has 1 aromatic carbocycles. The molecule has 0 bridgehead atoms. The predicted molar refractivity (Wildman–Crippen MR) is 100 cm³/mol. The van der Waals surface area contributed by atoms with Gasteiger partial charge in [-0.05, 0) is 51.3 Å². The number of rotatable bonds is 6. The minimum absolute atomic E-state index is 0.0990. The minimum Gasteiger partial charge on any atom is -0.444 e. The fourth-order valence-electron chi connectivity index (χ4n) is 2.47. The van der Waals surface area contributed by atoms with Crippen molar-refractivity contribution in [2.24, 2.45) is 0 Å². The molecule has 1 unspecified atom stereocenters. The Morgan fingerprint density at radius 3 is 2.44 bits per heavy atom. The van der Waals surface area contributed by atoms with E-state index in [0.717, 1.165) is 18.4 Å². The lowest BCUT2D eigenvalue weighted by atomic mass is 10.2. The zero-order valence-electron chi connectivity index (χ0n) is 16.0. The number of ether oxygens (including phenoxy) is 2. The van der Waals surface area contributed by atoms with Crippen molar-refractivity contribution in [3.8, 4) is 0 Å². The van der Waals surface area contributed by atoms with Crippen LogP contribution >= 0.6 is 0 Å². The summed E-state index contributed by atoms with van der Waals surface area (Å²) >= 11 is 0. The summed E-state index contributed by atoms with van der Waals surface area (Å²) in [6, 6.07) is 7.09. The van der Waals surface area contributed by atoms with E-state index in [1.54, 1.807) is 32.9 Å². The molecule has 1 heterocycles. The van der Waals surface area contributed by atoms with Crippen molar-refractivity contribution in [3.05, 3.63) is 29.8 Å². The second kappa shape index (κ2) is 9.36. The third-order valence-electron chi connectivity index (χ3n) is 3.72. The van der Waals surface area contributed by atoms with Crippen LogP contribution in [0, 0.1) is 0 Å². The number of alkyl carbamates (subject to hydrolysis) is 1. The van der Waals surface area contributed by atoms with Gasteiger partial charge >= 0.3 is 6.09 Å². The molecule has 1 aliphatic rings. The summed E-state index contributed by atoms with van der Waals surface area (Å²) in [7, 11) is 0. The molecule has 3 N–H and O–H groups in total. The van der Waals surface area contributed by atoms with Crippen molar-refractivity contribution in [2.75, 3.05) is 18.5 Å². The maximum Gasteiger partial charge on any atom is 0.408 e. The normalized spacial score (nSPS) is 16.5. The first-order valence-corrected chi connectivity index (χ1v) is 8.98. The molecular formula is C19H27N3O5. The van der Waals surface area contributed by atoms with Crippen molar-refractivity contribution in [2.45, 2.75) is 51.9 Å². The summed E-state index contributed by atoms with van der Waals surface area (Å²) in [5.41, 5.74) is 0.891. The average Bonchev–Trinajstić information content (AvgIpc) is 3.12. The lowest BCUT2D eigenvalue weighted by Crippen LogP contribution is -2.37. The van der Waals surface area contributed by atoms with Gasteiger partial charge in [0.1, 0.15) is 18.2 Å². The Hall–Kier alpha value is -2.61. The predicted octanol–water partition coefficient (Wildman–Crippen LogP) is 1.94. The molecule has 0 aliphatic carbocycles. The molecule has 1 atom stereocenters. The van der Waals surface area contributed by atoms with Crippen molar-refractivity contribution < 1.29 is 23.9 Å². The van der Waals surface area contributed by atoms with Crippen LogP contribution in [0.1, 0.15) is 39.2 Å². The van der Waals surface area contributed by atoms with Gasteiger partial charge in [-0.15, -0.1) is 0 Å². The summed E-state index contributed by atoms with van der Waals surface area (Å²) in [5, 5.41) is 7.92. The van der Waals surface area contributed by atoms with Gasteiger partial charge in [-0.1, -0.05) is 12.1 Å². The van der Waals surface area contributed by atoms with E-state index in [2.05, 4.69) is 16.0 Å². The highest BCUT2D eigenvalue weighted by molar-refractivity contribution is 5.93. The third-order valence-corrected chi connectivity index (χ3v) is 3.72. The van der Waals surface area contributed by atoms with E-state index in [0.29, 0.717) is 18.8 Å². The molecule has 0 saturated carbocycles. The first kappa shape index (κ1) is 20.7. The Morgan fingerprint density at radius 1 is 1.15 bits per heavy atom. The van der Waals surface area contributed by atoms with Crippen molar-refractivity contribution >= 4 is 23.6 Å². The van der Waals surface area contributed by atoms with Gasteiger partial charge in [0, 0.05) is 18.8 Å². The molecule has 8 nitrogen and oxygen atoms in total. The van der Waals surface area contributed by atoms with Gasteiger partial charge in [0.25, 0.3) is 0 Å². The summed E-state index contributed by atoms with van der Waals surface area (Å²) in [6.07, 6.45) is 0.680. The Kier molecular flexibility index (Phi) is 7.18. The highest BCUT2D eigenvalue weighted by Crippen LogP contribution is 2.13. The minimum atomic E-state index is -0.644. The van der Waals surface area contributed by atoms with Crippen LogP contribution in [0.15, 0.2) is 24.3 Å². The van der Waals surface area contributed by atoms with Gasteiger partial charge < -0.3 is 25.4 Å². The third kappa shape index (κ3) is 7.65. The lowest BCUT2D eigenvalue weighted by Gasteiger charge is -2.19. The van der Waals surface area contributed by atoms with Gasteiger partial charge in [-0.25, -0.2) is 4.79 Å².